The standard InChI is InChI=1S/C15H15O2.BrH.Mg/c1-2-6-13-11-14(9-8-12(13)5-1)17-15-7-3-4-10-16-15;;/h2,5-6,8-9,11,15H,3-4,7,10H2;1H;/q-1;;+2/p-1. The summed E-state index contributed by atoms with van der Waals surface area (Å²) < 4.78 is 11.4. The smallest absolute Gasteiger partial charge is 1.00 e. The third-order valence-corrected chi connectivity index (χ3v) is 3.06. The van der Waals surface area contributed by atoms with Gasteiger partial charge < -0.3 is 26.5 Å². The van der Waals surface area contributed by atoms with Crippen LogP contribution in [0.2, 0.25) is 0 Å². The number of rotatable bonds is 2. The van der Waals surface area contributed by atoms with Gasteiger partial charge in [0.15, 0.2) is 6.29 Å². The van der Waals surface area contributed by atoms with E-state index in [9.17, 15) is 0 Å². The summed E-state index contributed by atoms with van der Waals surface area (Å²) in [6.45, 7) is 0.813. The van der Waals surface area contributed by atoms with Crippen LogP contribution in [-0.2, 0) is 4.74 Å². The van der Waals surface area contributed by atoms with Gasteiger partial charge in [0, 0.05) is 6.42 Å². The van der Waals surface area contributed by atoms with Crippen LogP contribution in [0.1, 0.15) is 19.3 Å². The topological polar surface area (TPSA) is 18.5 Å². The van der Waals surface area contributed by atoms with Crippen molar-refractivity contribution in [3.8, 4) is 5.75 Å². The zero-order valence-electron chi connectivity index (χ0n) is 10.8. The Kier molecular flexibility index (Phi) is 7.14. The Bertz CT molecular complexity index is 512. The summed E-state index contributed by atoms with van der Waals surface area (Å²) in [5.41, 5.74) is 0. The van der Waals surface area contributed by atoms with Crippen molar-refractivity contribution in [1.29, 1.82) is 0 Å². The molecule has 19 heavy (non-hydrogen) atoms. The molecule has 0 N–H and O–H groups in total. The van der Waals surface area contributed by atoms with Crippen LogP contribution in [0.5, 0.6) is 5.75 Å². The third-order valence-electron chi connectivity index (χ3n) is 3.06. The largest absolute Gasteiger partial charge is 2.00 e. The molecular weight excluding hydrogens is 316 g/mol. The van der Waals surface area contributed by atoms with E-state index in [1.54, 1.807) is 0 Å². The molecule has 1 aliphatic rings. The van der Waals surface area contributed by atoms with E-state index in [-0.39, 0.29) is 46.3 Å². The van der Waals surface area contributed by atoms with E-state index < -0.39 is 0 Å². The van der Waals surface area contributed by atoms with Crippen molar-refractivity contribution in [1.82, 2.24) is 0 Å². The molecule has 1 aliphatic heterocycles. The van der Waals surface area contributed by atoms with Crippen molar-refractivity contribution < 1.29 is 26.5 Å². The molecule has 2 aromatic carbocycles. The van der Waals surface area contributed by atoms with Crippen LogP contribution in [0.3, 0.4) is 0 Å². The second kappa shape index (κ2) is 8.10. The van der Waals surface area contributed by atoms with Gasteiger partial charge in [0.25, 0.3) is 0 Å². The molecule has 1 fully saturated rings. The number of ether oxygens (including phenoxy) is 2. The monoisotopic (exact) mass is 330 g/mol. The third kappa shape index (κ3) is 4.34. The predicted octanol–water partition coefficient (Wildman–Crippen LogP) is 0.169. The Hall–Kier alpha value is -0.294. The predicted molar refractivity (Wildman–Crippen MR) is 72.8 cm³/mol. The van der Waals surface area contributed by atoms with E-state index in [1.165, 1.54) is 17.2 Å². The molecule has 0 bridgehead atoms. The number of benzene rings is 2. The number of fused-ring (bicyclic) bond motifs is 1. The number of halogens is 1. The second-order valence-electron chi connectivity index (χ2n) is 4.35. The normalized spacial score (nSPS) is 18.2. The van der Waals surface area contributed by atoms with Gasteiger partial charge in [-0.1, -0.05) is 0 Å². The van der Waals surface area contributed by atoms with Crippen LogP contribution in [0.25, 0.3) is 10.8 Å². The van der Waals surface area contributed by atoms with Crippen LogP contribution < -0.4 is 21.7 Å². The summed E-state index contributed by atoms with van der Waals surface area (Å²) in [4.78, 5) is 0. The molecule has 1 unspecified atom stereocenters. The van der Waals surface area contributed by atoms with Crippen molar-refractivity contribution in [3.63, 3.8) is 0 Å². The van der Waals surface area contributed by atoms with Crippen molar-refractivity contribution in [2.75, 3.05) is 6.61 Å². The first kappa shape index (κ1) is 16.8. The molecule has 0 amide bonds. The van der Waals surface area contributed by atoms with Crippen LogP contribution in [0.15, 0.2) is 36.4 Å². The zero-order valence-corrected chi connectivity index (χ0v) is 13.8. The molecular formula is C15H15BrMgO2. The van der Waals surface area contributed by atoms with Gasteiger partial charge in [0.05, 0.1) is 6.61 Å². The molecule has 2 nitrogen and oxygen atoms in total. The first-order valence-electron chi connectivity index (χ1n) is 6.10. The Balaban J connectivity index is 0.000000902. The average molecular weight is 331 g/mol. The summed E-state index contributed by atoms with van der Waals surface area (Å²) in [7, 11) is 0. The fraction of sp³-hybridized carbons (Fsp3) is 0.333. The molecule has 0 spiro atoms. The maximum Gasteiger partial charge on any atom is 2.00 e. The van der Waals surface area contributed by atoms with Gasteiger partial charge in [-0.25, -0.2) is 0 Å². The fourth-order valence-electron chi connectivity index (χ4n) is 2.13. The minimum atomic E-state index is -0.0727. The van der Waals surface area contributed by atoms with E-state index in [4.69, 9.17) is 9.47 Å². The Morgan fingerprint density at radius 3 is 2.84 bits per heavy atom. The minimum Gasteiger partial charge on any atom is -1.00 e. The Morgan fingerprint density at radius 1 is 1.16 bits per heavy atom. The van der Waals surface area contributed by atoms with Crippen LogP contribution in [0, 0.1) is 6.07 Å². The quantitative estimate of drug-likeness (QED) is 0.577. The van der Waals surface area contributed by atoms with Crippen LogP contribution in [-0.4, -0.2) is 35.9 Å². The number of hydrogen-bond acceptors (Lipinski definition) is 2. The summed E-state index contributed by atoms with van der Waals surface area (Å²) in [6.07, 6.45) is 3.25. The van der Waals surface area contributed by atoms with E-state index in [2.05, 4.69) is 18.2 Å². The second-order valence-corrected chi connectivity index (χ2v) is 4.35. The maximum absolute atomic E-state index is 5.83. The molecule has 0 aliphatic carbocycles. The van der Waals surface area contributed by atoms with E-state index in [1.807, 2.05) is 24.3 Å². The summed E-state index contributed by atoms with van der Waals surface area (Å²) in [5, 5.41) is 2.36. The SMILES string of the molecule is [Br-].[Mg+2].[c-]1ccc2cc(OC3CCCCO3)ccc2c1. The van der Waals surface area contributed by atoms with Gasteiger partial charge in [0.2, 0.25) is 0 Å². The summed E-state index contributed by atoms with van der Waals surface area (Å²) in [5.74, 6) is 0.885. The Labute approximate surface area is 140 Å². The van der Waals surface area contributed by atoms with E-state index in [0.29, 0.717) is 0 Å². The molecule has 0 saturated carbocycles. The maximum atomic E-state index is 5.83. The first-order chi connectivity index (χ1) is 8.42. The molecule has 96 valence electrons. The number of hydrogen-bond donors (Lipinski definition) is 0. The molecule has 1 saturated heterocycles. The van der Waals surface area contributed by atoms with Gasteiger partial charge in [-0.05, 0) is 25.0 Å². The first-order valence-corrected chi connectivity index (χ1v) is 6.10. The van der Waals surface area contributed by atoms with E-state index >= 15 is 0 Å². The molecule has 1 heterocycles. The van der Waals surface area contributed by atoms with Crippen LogP contribution in [0.4, 0.5) is 0 Å². The van der Waals surface area contributed by atoms with Gasteiger partial charge in [-0.3, -0.25) is 0 Å². The minimum absolute atomic E-state index is 0. The molecule has 0 radical (unpaired) electrons. The van der Waals surface area contributed by atoms with Gasteiger partial charge in [-0.2, -0.15) is 24.3 Å². The van der Waals surface area contributed by atoms with E-state index in [0.717, 1.165) is 25.2 Å². The zero-order chi connectivity index (χ0) is 11.5. The fourth-order valence-corrected chi connectivity index (χ4v) is 2.13. The summed E-state index contributed by atoms with van der Waals surface area (Å²) >= 11 is 0. The van der Waals surface area contributed by atoms with Gasteiger partial charge in [-0.15, -0.1) is 16.8 Å². The summed E-state index contributed by atoms with van der Waals surface area (Å²) in [6, 6.07) is 15.1. The molecule has 4 heteroatoms. The van der Waals surface area contributed by atoms with Gasteiger partial charge in [0.1, 0.15) is 5.75 Å². The van der Waals surface area contributed by atoms with Crippen molar-refractivity contribution in [3.05, 3.63) is 42.5 Å². The molecule has 2 aromatic rings. The molecule has 3 rings (SSSR count). The van der Waals surface area contributed by atoms with Crippen molar-refractivity contribution >= 4 is 33.8 Å². The van der Waals surface area contributed by atoms with Crippen LogP contribution >= 0.6 is 0 Å². The van der Waals surface area contributed by atoms with Crippen molar-refractivity contribution in [2.24, 2.45) is 0 Å². The van der Waals surface area contributed by atoms with Crippen molar-refractivity contribution in [2.45, 2.75) is 25.6 Å². The average Bonchev–Trinajstić information content (AvgIpc) is 2.40. The van der Waals surface area contributed by atoms with Gasteiger partial charge >= 0.3 is 23.1 Å². The Morgan fingerprint density at radius 2 is 2.05 bits per heavy atom. The molecule has 0 aromatic heterocycles. The molecule has 1 atom stereocenters.